The number of nitrogens with one attached hydrogen (secondary N) is 4. The van der Waals surface area contributed by atoms with Gasteiger partial charge in [0.05, 0.1) is 12.1 Å². The lowest BCUT2D eigenvalue weighted by molar-refractivity contribution is 0.00530. The van der Waals surface area contributed by atoms with Crippen LogP contribution in [0.5, 0.6) is 0 Å². The van der Waals surface area contributed by atoms with Crippen molar-refractivity contribution in [3.8, 4) is 0 Å². The first-order chi connectivity index (χ1) is 7.93. The van der Waals surface area contributed by atoms with E-state index in [4.69, 9.17) is 0 Å². The van der Waals surface area contributed by atoms with Gasteiger partial charge in [-0.25, -0.2) is 0 Å². The van der Waals surface area contributed by atoms with Crippen molar-refractivity contribution >= 4 is 0 Å². The van der Waals surface area contributed by atoms with E-state index >= 15 is 0 Å². The summed E-state index contributed by atoms with van der Waals surface area (Å²) in [4.78, 5) is 0. The zero-order valence-corrected chi connectivity index (χ0v) is 8.98. The van der Waals surface area contributed by atoms with E-state index in [-0.39, 0.29) is 0 Å². The number of hydrogen-bond acceptors (Lipinski definition) is 4. The molecule has 1 aliphatic carbocycles. The molecule has 0 bridgehead atoms. The van der Waals surface area contributed by atoms with Gasteiger partial charge in [0, 0.05) is 18.0 Å². The molecule has 2 aliphatic heterocycles. The maximum atomic E-state index is 3.36. The highest BCUT2D eigenvalue weighted by molar-refractivity contribution is 5.28. The van der Waals surface area contributed by atoms with E-state index in [0.29, 0.717) is 30.1 Å². The van der Waals surface area contributed by atoms with Crippen LogP contribution in [0.3, 0.4) is 0 Å². The minimum Gasteiger partial charge on any atom is -0.253 e. The molecule has 4 rings (SSSR count). The molecular formula is C12H16N4. The first-order valence-corrected chi connectivity index (χ1v) is 6.00. The largest absolute Gasteiger partial charge is 0.253 e. The predicted octanol–water partition coefficient (Wildman–Crippen LogP) is -0.136. The number of fused-ring (bicyclic) bond motifs is 3. The summed E-state index contributed by atoms with van der Waals surface area (Å²) in [5.74, 6) is 0.628. The topological polar surface area (TPSA) is 48.1 Å². The summed E-state index contributed by atoms with van der Waals surface area (Å²) >= 11 is 0. The molecule has 2 saturated heterocycles. The fourth-order valence-electron chi connectivity index (χ4n) is 3.25. The van der Waals surface area contributed by atoms with E-state index < -0.39 is 0 Å². The van der Waals surface area contributed by atoms with Crippen LogP contribution >= 0.6 is 0 Å². The van der Waals surface area contributed by atoms with Gasteiger partial charge in [0.25, 0.3) is 0 Å². The van der Waals surface area contributed by atoms with Crippen LogP contribution in [0.2, 0.25) is 0 Å². The Morgan fingerprint density at radius 3 is 2.19 bits per heavy atom. The van der Waals surface area contributed by atoms with Gasteiger partial charge in [-0.2, -0.15) is 0 Å². The van der Waals surface area contributed by atoms with Crippen molar-refractivity contribution in [3.63, 3.8) is 0 Å². The summed E-state index contributed by atoms with van der Waals surface area (Å²) in [6, 6.07) is 13.2. The van der Waals surface area contributed by atoms with Crippen LogP contribution in [-0.2, 0) is 0 Å². The lowest BCUT2D eigenvalue weighted by atomic mass is 9.70. The van der Waals surface area contributed by atoms with E-state index in [0.717, 1.165) is 0 Å². The second kappa shape index (κ2) is 3.28. The molecule has 1 saturated carbocycles. The predicted molar refractivity (Wildman–Crippen MR) is 61.5 cm³/mol. The van der Waals surface area contributed by atoms with E-state index in [1.165, 1.54) is 12.0 Å². The average Bonchev–Trinajstić information content (AvgIpc) is 2.27. The molecule has 16 heavy (non-hydrogen) atoms. The molecule has 4 N–H and O–H groups in total. The molecule has 3 fully saturated rings. The summed E-state index contributed by atoms with van der Waals surface area (Å²) in [6.45, 7) is 0. The van der Waals surface area contributed by atoms with Gasteiger partial charge in [0.2, 0.25) is 0 Å². The van der Waals surface area contributed by atoms with Gasteiger partial charge in [-0.1, -0.05) is 30.3 Å². The van der Waals surface area contributed by atoms with Crippen molar-refractivity contribution in [2.75, 3.05) is 0 Å². The van der Waals surface area contributed by atoms with Crippen molar-refractivity contribution in [1.82, 2.24) is 21.7 Å². The van der Waals surface area contributed by atoms with Crippen molar-refractivity contribution in [1.29, 1.82) is 0 Å². The Morgan fingerprint density at radius 2 is 1.56 bits per heavy atom. The maximum Gasteiger partial charge on any atom is 0.0568 e. The SMILES string of the molecule is c1ccc(C2CC3NNC3C3NNC23)cc1. The molecule has 2 heterocycles. The Balaban J connectivity index is 1.64. The molecule has 4 heteroatoms. The molecule has 4 nitrogen and oxygen atoms in total. The van der Waals surface area contributed by atoms with Crippen molar-refractivity contribution < 1.29 is 0 Å². The molecule has 84 valence electrons. The summed E-state index contributed by atoms with van der Waals surface area (Å²) in [5.41, 5.74) is 14.8. The third kappa shape index (κ3) is 1.13. The molecule has 3 aliphatic rings. The van der Waals surface area contributed by atoms with Gasteiger partial charge in [-0.05, 0) is 12.0 Å². The highest BCUT2D eigenvalue weighted by Crippen LogP contribution is 2.37. The zero-order chi connectivity index (χ0) is 10.5. The standard InChI is InChI=1S/C12H16N4/c1-2-4-7(5-3-1)8-6-9-11(15-13-9)12-10(8)14-16-12/h1-5,8-16H,6H2. The van der Waals surface area contributed by atoms with Gasteiger partial charge in [0.1, 0.15) is 0 Å². The number of benzene rings is 1. The van der Waals surface area contributed by atoms with Crippen LogP contribution in [0.4, 0.5) is 0 Å². The third-order valence-corrected chi connectivity index (χ3v) is 4.23. The number of hydrazine groups is 2. The molecule has 0 aromatic heterocycles. The number of rotatable bonds is 1. The van der Waals surface area contributed by atoms with E-state index in [1.807, 2.05) is 0 Å². The summed E-state index contributed by atoms with van der Waals surface area (Å²) in [6.07, 6.45) is 1.22. The summed E-state index contributed by atoms with van der Waals surface area (Å²) in [7, 11) is 0. The van der Waals surface area contributed by atoms with Gasteiger partial charge in [0.15, 0.2) is 0 Å². The van der Waals surface area contributed by atoms with Crippen LogP contribution < -0.4 is 21.7 Å². The smallest absolute Gasteiger partial charge is 0.0568 e. The lowest BCUT2D eigenvalue weighted by Gasteiger charge is -2.59. The maximum absolute atomic E-state index is 3.36. The lowest BCUT2D eigenvalue weighted by Crippen LogP contribution is -2.87. The molecular weight excluding hydrogens is 200 g/mol. The molecule has 1 aromatic carbocycles. The monoisotopic (exact) mass is 216 g/mol. The second-order valence-corrected chi connectivity index (χ2v) is 5.01. The molecule has 5 unspecified atom stereocenters. The second-order valence-electron chi connectivity index (χ2n) is 5.01. The summed E-state index contributed by atoms with van der Waals surface area (Å²) in [5, 5.41) is 0. The Morgan fingerprint density at radius 1 is 0.812 bits per heavy atom. The normalized spacial score (nSPS) is 44.9. The average molecular weight is 216 g/mol. The Kier molecular flexibility index (Phi) is 1.87. The van der Waals surface area contributed by atoms with Gasteiger partial charge in [-0.15, -0.1) is 0 Å². The van der Waals surface area contributed by atoms with Gasteiger partial charge < -0.3 is 0 Å². The molecule has 0 spiro atoms. The number of hydrogen-bond donors (Lipinski definition) is 4. The van der Waals surface area contributed by atoms with Crippen LogP contribution in [0.15, 0.2) is 30.3 Å². The zero-order valence-electron chi connectivity index (χ0n) is 8.98. The van der Waals surface area contributed by atoms with Crippen LogP contribution in [-0.4, -0.2) is 24.2 Å². The van der Waals surface area contributed by atoms with E-state index in [1.54, 1.807) is 0 Å². The molecule has 5 atom stereocenters. The van der Waals surface area contributed by atoms with E-state index in [2.05, 4.69) is 52.0 Å². The summed E-state index contributed by atoms with van der Waals surface area (Å²) < 4.78 is 0. The Hall–Kier alpha value is -0.940. The first kappa shape index (κ1) is 9.13. The Bertz CT molecular complexity index is 393. The van der Waals surface area contributed by atoms with Gasteiger partial charge >= 0.3 is 0 Å². The highest BCUT2D eigenvalue weighted by Gasteiger charge is 2.53. The van der Waals surface area contributed by atoms with Crippen LogP contribution in [0.25, 0.3) is 0 Å². The molecule has 0 amide bonds. The van der Waals surface area contributed by atoms with Crippen LogP contribution in [0, 0.1) is 0 Å². The minimum atomic E-state index is 0.574. The first-order valence-electron chi connectivity index (χ1n) is 6.00. The fourth-order valence-corrected chi connectivity index (χ4v) is 3.25. The van der Waals surface area contributed by atoms with Crippen molar-refractivity contribution in [3.05, 3.63) is 35.9 Å². The van der Waals surface area contributed by atoms with Crippen molar-refractivity contribution in [2.45, 2.75) is 36.5 Å². The fraction of sp³-hybridized carbons (Fsp3) is 0.500. The quantitative estimate of drug-likeness (QED) is 0.528. The minimum absolute atomic E-state index is 0.574. The highest BCUT2D eigenvalue weighted by atomic mass is 15.6. The van der Waals surface area contributed by atoms with Crippen molar-refractivity contribution in [2.24, 2.45) is 0 Å². The molecule has 1 aromatic rings. The Labute approximate surface area is 94.7 Å². The van der Waals surface area contributed by atoms with Gasteiger partial charge in [-0.3, -0.25) is 21.7 Å². The van der Waals surface area contributed by atoms with E-state index in [9.17, 15) is 0 Å². The third-order valence-electron chi connectivity index (χ3n) is 4.23. The van der Waals surface area contributed by atoms with Crippen LogP contribution in [0.1, 0.15) is 17.9 Å². The molecule has 0 radical (unpaired) electrons.